The van der Waals surface area contributed by atoms with Crippen LogP contribution in [0.2, 0.25) is 0 Å². The molecule has 0 atom stereocenters. The Bertz CT molecular complexity index is 1300. The van der Waals surface area contributed by atoms with Crippen LogP contribution in [0, 0.1) is 11.3 Å². The molecule has 188 valence electrons. The monoisotopic (exact) mass is 553 g/mol. The summed E-state index contributed by atoms with van der Waals surface area (Å²) >= 11 is 3.54. The smallest absolute Gasteiger partial charge is 0.308 e. The molecule has 0 saturated carbocycles. The molecular weight excluding hydrogens is 526 g/mol. The molecule has 0 radical (unpaired) electrons. The number of aromatic nitrogens is 1. The number of esters is 2. The number of benzene rings is 2. The fourth-order valence-corrected chi connectivity index (χ4v) is 4.18. The minimum absolute atomic E-state index is 0.251. The number of anilines is 2. The number of ether oxygens (including phenoxy) is 3. The van der Waals surface area contributed by atoms with Crippen molar-refractivity contribution in [2.45, 2.75) is 46.0 Å². The van der Waals surface area contributed by atoms with Gasteiger partial charge in [0.25, 0.3) is 0 Å². The van der Waals surface area contributed by atoms with Gasteiger partial charge in [0.15, 0.2) is 11.5 Å². The van der Waals surface area contributed by atoms with Gasteiger partial charge in [0, 0.05) is 41.7 Å². The van der Waals surface area contributed by atoms with Crippen molar-refractivity contribution in [3.63, 3.8) is 0 Å². The van der Waals surface area contributed by atoms with E-state index in [0.717, 1.165) is 47.8 Å². The van der Waals surface area contributed by atoms with E-state index in [1.165, 1.54) is 27.2 Å². The van der Waals surface area contributed by atoms with Gasteiger partial charge < -0.3 is 19.5 Å². The first-order valence-electron chi connectivity index (χ1n) is 11.6. The molecule has 0 amide bonds. The van der Waals surface area contributed by atoms with E-state index in [-0.39, 0.29) is 11.7 Å². The van der Waals surface area contributed by atoms with Gasteiger partial charge in [-0.2, -0.15) is 5.26 Å². The number of carbonyl (C=O) groups excluding carboxylic acids is 2. The van der Waals surface area contributed by atoms with E-state index in [4.69, 9.17) is 14.2 Å². The maximum Gasteiger partial charge on any atom is 0.308 e. The van der Waals surface area contributed by atoms with Crippen molar-refractivity contribution >= 4 is 50.1 Å². The van der Waals surface area contributed by atoms with Gasteiger partial charge in [0.05, 0.1) is 30.5 Å². The van der Waals surface area contributed by atoms with Crippen LogP contribution in [0.15, 0.2) is 41.0 Å². The SMILES string of the molecule is COc1cc2ncc(C#N)c(Nc3cc(Br)ccc3CCCCCCOC(C)=O)c2cc1OC(C)=O. The van der Waals surface area contributed by atoms with E-state index in [1.54, 1.807) is 12.1 Å². The normalized spacial score (nSPS) is 10.5. The molecule has 1 N–H and O–H groups in total. The average molecular weight is 554 g/mol. The minimum Gasteiger partial charge on any atom is -0.493 e. The molecular formula is C27H28BrN3O5. The maximum absolute atomic E-state index is 11.6. The van der Waals surface area contributed by atoms with Crippen LogP contribution in [0.5, 0.6) is 11.5 Å². The van der Waals surface area contributed by atoms with E-state index in [2.05, 4.69) is 32.3 Å². The highest BCUT2D eigenvalue weighted by atomic mass is 79.9. The average Bonchev–Trinajstić information content (AvgIpc) is 2.84. The Kier molecular flexibility index (Phi) is 9.65. The quantitative estimate of drug-likeness (QED) is 0.169. The molecule has 8 nitrogen and oxygen atoms in total. The minimum atomic E-state index is -0.478. The third-order valence-electron chi connectivity index (χ3n) is 5.50. The number of rotatable bonds is 11. The summed E-state index contributed by atoms with van der Waals surface area (Å²) in [6.45, 7) is 3.18. The fraction of sp³-hybridized carbons (Fsp3) is 0.333. The molecule has 0 aliphatic rings. The fourth-order valence-electron chi connectivity index (χ4n) is 3.82. The molecule has 0 saturated heterocycles. The number of carbonyl (C=O) groups is 2. The van der Waals surface area contributed by atoms with E-state index in [0.29, 0.717) is 34.5 Å². The standard InChI is InChI=1S/C27H28BrN3O5/c1-17(32)35-11-7-5-4-6-8-19-9-10-21(28)12-23(19)31-27-20(15-29)16-30-24-14-25(34-3)26(13-22(24)27)36-18(2)33/h9-10,12-14,16H,4-8,11H2,1-3H3,(H,30,31). The predicted molar refractivity (Wildman–Crippen MR) is 141 cm³/mol. The number of nitriles is 1. The molecule has 3 rings (SSSR count). The molecule has 1 aromatic heterocycles. The van der Waals surface area contributed by atoms with Gasteiger partial charge in [-0.3, -0.25) is 14.6 Å². The van der Waals surface area contributed by atoms with Crippen LogP contribution in [0.1, 0.15) is 50.7 Å². The Morgan fingerprint density at radius 1 is 1.06 bits per heavy atom. The van der Waals surface area contributed by atoms with Gasteiger partial charge in [-0.05, 0) is 43.0 Å². The Hall–Kier alpha value is -3.64. The Balaban J connectivity index is 1.88. The van der Waals surface area contributed by atoms with Crippen LogP contribution in [0.25, 0.3) is 10.9 Å². The van der Waals surface area contributed by atoms with Crippen LogP contribution >= 0.6 is 15.9 Å². The summed E-state index contributed by atoms with van der Waals surface area (Å²) < 4.78 is 16.6. The lowest BCUT2D eigenvalue weighted by Gasteiger charge is -2.17. The summed E-state index contributed by atoms with van der Waals surface area (Å²) in [5.41, 5.74) is 3.48. The van der Waals surface area contributed by atoms with Crippen LogP contribution in [-0.4, -0.2) is 30.6 Å². The second-order valence-corrected chi connectivity index (χ2v) is 9.12. The molecule has 0 spiro atoms. The highest BCUT2D eigenvalue weighted by Crippen LogP contribution is 2.38. The van der Waals surface area contributed by atoms with Crippen molar-refractivity contribution in [2.24, 2.45) is 0 Å². The molecule has 0 fully saturated rings. The topological polar surface area (TPSA) is 111 Å². The first kappa shape index (κ1) is 27.0. The molecule has 36 heavy (non-hydrogen) atoms. The number of nitrogens with zero attached hydrogens (tertiary/aromatic N) is 2. The lowest BCUT2D eigenvalue weighted by atomic mass is 10.0. The zero-order chi connectivity index (χ0) is 26.1. The summed E-state index contributed by atoms with van der Waals surface area (Å²) in [5, 5.41) is 13.9. The molecule has 0 bridgehead atoms. The van der Waals surface area contributed by atoms with E-state index in [1.807, 2.05) is 18.2 Å². The second kappa shape index (κ2) is 12.9. The third kappa shape index (κ3) is 7.18. The number of nitrogens with one attached hydrogen (secondary N) is 1. The van der Waals surface area contributed by atoms with Crippen molar-refractivity contribution in [2.75, 3.05) is 19.0 Å². The largest absolute Gasteiger partial charge is 0.493 e. The van der Waals surface area contributed by atoms with E-state index < -0.39 is 5.97 Å². The highest BCUT2D eigenvalue weighted by molar-refractivity contribution is 9.10. The molecule has 9 heteroatoms. The first-order valence-corrected chi connectivity index (χ1v) is 12.4. The lowest BCUT2D eigenvalue weighted by molar-refractivity contribution is -0.141. The van der Waals surface area contributed by atoms with Gasteiger partial charge >= 0.3 is 11.9 Å². The van der Waals surface area contributed by atoms with Crippen LogP contribution in [0.3, 0.4) is 0 Å². The number of fused-ring (bicyclic) bond motifs is 1. The maximum atomic E-state index is 11.6. The lowest BCUT2D eigenvalue weighted by Crippen LogP contribution is -2.04. The van der Waals surface area contributed by atoms with Gasteiger partial charge in [-0.15, -0.1) is 0 Å². The van der Waals surface area contributed by atoms with E-state index in [9.17, 15) is 14.9 Å². The number of methoxy groups -OCH3 is 1. The van der Waals surface area contributed by atoms with Gasteiger partial charge in [0.2, 0.25) is 0 Å². The summed E-state index contributed by atoms with van der Waals surface area (Å²) in [6.07, 6.45) is 6.13. The van der Waals surface area contributed by atoms with Crippen molar-refractivity contribution in [1.82, 2.24) is 4.98 Å². The van der Waals surface area contributed by atoms with Crippen LogP contribution < -0.4 is 14.8 Å². The van der Waals surface area contributed by atoms with Gasteiger partial charge in [-0.25, -0.2) is 0 Å². The summed E-state index contributed by atoms with van der Waals surface area (Å²) in [5.74, 6) is -0.105. The van der Waals surface area contributed by atoms with Crippen LogP contribution in [-0.2, 0) is 20.7 Å². The molecule has 2 aromatic carbocycles. The zero-order valence-electron chi connectivity index (χ0n) is 20.5. The zero-order valence-corrected chi connectivity index (χ0v) is 22.1. The predicted octanol–water partition coefficient (Wildman–Crippen LogP) is 6.21. The summed E-state index contributed by atoms with van der Waals surface area (Å²) in [6, 6.07) is 11.5. The van der Waals surface area contributed by atoms with Crippen LogP contribution in [0.4, 0.5) is 11.4 Å². The number of halogens is 1. The summed E-state index contributed by atoms with van der Waals surface area (Å²) in [4.78, 5) is 26.9. The van der Waals surface area contributed by atoms with Crippen molar-refractivity contribution in [3.8, 4) is 17.6 Å². The van der Waals surface area contributed by atoms with Crippen molar-refractivity contribution in [1.29, 1.82) is 5.26 Å². The Morgan fingerprint density at radius 2 is 1.83 bits per heavy atom. The van der Waals surface area contributed by atoms with Crippen molar-refractivity contribution in [3.05, 3.63) is 52.1 Å². The number of hydrogen-bond acceptors (Lipinski definition) is 8. The van der Waals surface area contributed by atoms with E-state index >= 15 is 0 Å². The Morgan fingerprint density at radius 3 is 2.53 bits per heavy atom. The molecule has 0 aliphatic carbocycles. The van der Waals surface area contributed by atoms with Gasteiger partial charge in [0.1, 0.15) is 6.07 Å². The third-order valence-corrected chi connectivity index (χ3v) is 6.00. The van der Waals surface area contributed by atoms with Gasteiger partial charge in [-0.1, -0.05) is 34.8 Å². The highest BCUT2D eigenvalue weighted by Gasteiger charge is 2.16. The molecule has 3 aromatic rings. The van der Waals surface area contributed by atoms with Crippen molar-refractivity contribution < 1.29 is 23.8 Å². The summed E-state index contributed by atoms with van der Waals surface area (Å²) in [7, 11) is 1.49. The number of pyridine rings is 1. The number of aryl methyl sites for hydroxylation is 1. The first-order chi connectivity index (χ1) is 17.3. The number of hydrogen-bond donors (Lipinski definition) is 1. The molecule has 0 aliphatic heterocycles. The molecule has 0 unspecified atom stereocenters. The second-order valence-electron chi connectivity index (χ2n) is 8.20. The number of unbranched alkanes of at least 4 members (excludes halogenated alkanes) is 3. The molecule has 1 heterocycles. The Labute approximate surface area is 218 Å².